The topological polar surface area (TPSA) is 107 Å². The van der Waals surface area contributed by atoms with Crippen molar-refractivity contribution >= 4 is 22.7 Å². The highest BCUT2D eigenvalue weighted by Crippen LogP contribution is 2.15. The Bertz CT molecular complexity index is 758. The molecule has 2 heterocycles. The summed E-state index contributed by atoms with van der Waals surface area (Å²) in [5, 5.41) is 10.4. The van der Waals surface area contributed by atoms with Crippen LogP contribution in [-0.4, -0.2) is 77.6 Å². The van der Waals surface area contributed by atoms with Gasteiger partial charge < -0.3 is 20.9 Å². The zero-order valence-corrected chi connectivity index (χ0v) is 14.4. The Morgan fingerprint density at radius 1 is 1.36 bits per heavy atom. The van der Waals surface area contributed by atoms with Crippen LogP contribution < -0.4 is 11.1 Å². The molecule has 1 aliphatic rings. The van der Waals surface area contributed by atoms with Gasteiger partial charge in [-0.15, -0.1) is 0 Å². The number of nitrogens with two attached hydrogens (primary N) is 1. The highest BCUT2D eigenvalue weighted by molar-refractivity contribution is 6.04. The second-order valence-corrected chi connectivity index (χ2v) is 6.36. The molecule has 1 aromatic heterocycles. The van der Waals surface area contributed by atoms with Crippen LogP contribution in [0.1, 0.15) is 16.9 Å². The van der Waals surface area contributed by atoms with Crippen LogP contribution in [0.4, 0.5) is 0 Å². The predicted molar refractivity (Wildman–Crippen MR) is 95.1 cm³/mol. The Kier molecular flexibility index (Phi) is 5.30. The molecule has 4 N–H and O–H groups in total. The summed E-state index contributed by atoms with van der Waals surface area (Å²) >= 11 is 0. The van der Waals surface area contributed by atoms with Gasteiger partial charge in [-0.25, -0.2) is 0 Å². The molecule has 3 rings (SSSR count). The lowest BCUT2D eigenvalue weighted by molar-refractivity contribution is -0.135. The predicted octanol–water partition coefficient (Wildman–Crippen LogP) is -0.216. The van der Waals surface area contributed by atoms with E-state index in [1.54, 1.807) is 0 Å². The molecule has 1 atom stereocenters. The second kappa shape index (κ2) is 7.62. The Balaban J connectivity index is 1.53. The first-order chi connectivity index (χ1) is 12.1. The molecule has 0 radical (unpaired) electrons. The summed E-state index contributed by atoms with van der Waals surface area (Å²) in [5.41, 5.74) is 6.95. The van der Waals surface area contributed by atoms with Crippen molar-refractivity contribution in [2.24, 2.45) is 5.73 Å². The Labute approximate surface area is 146 Å². The number of aromatic nitrogens is 2. The van der Waals surface area contributed by atoms with E-state index in [2.05, 4.69) is 20.4 Å². The Morgan fingerprint density at radius 3 is 2.96 bits per heavy atom. The van der Waals surface area contributed by atoms with E-state index < -0.39 is 0 Å². The van der Waals surface area contributed by atoms with Gasteiger partial charge in [0, 0.05) is 44.5 Å². The number of carbonyl (C=O) groups is 2. The van der Waals surface area contributed by atoms with Gasteiger partial charge in [0.15, 0.2) is 5.69 Å². The van der Waals surface area contributed by atoms with Crippen molar-refractivity contribution in [3.63, 3.8) is 0 Å². The minimum Gasteiger partial charge on any atom is -0.350 e. The van der Waals surface area contributed by atoms with Crippen LogP contribution in [0.3, 0.4) is 0 Å². The lowest BCUT2D eigenvalue weighted by Gasteiger charge is -2.39. The number of benzene rings is 1. The normalized spacial score (nSPS) is 18.5. The molecule has 2 aromatic rings. The van der Waals surface area contributed by atoms with Gasteiger partial charge >= 0.3 is 0 Å². The number of piperazine rings is 1. The minimum absolute atomic E-state index is 0.0238. The van der Waals surface area contributed by atoms with Gasteiger partial charge in [0.2, 0.25) is 5.91 Å². The molecule has 134 valence electrons. The fraction of sp³-hybridized carbons (Fsp3) is 0.471. The van der Waals surface area contributed by atoms with E-state index in [1.807, 2.05) is 36.2 Å². The molecule has 0 saturated carbocycles. The first-order valence-electron chi connectivity index (χ1n) is 8.49. The average molecular weight is 344 g/mol. The summed E-state index contributed by atoms with van der Waals surface area (Å²) in [7, 11) is 2.03. The van der Waals surface area contributed by atoms with Crippen molar-refractivity contribution in [3.05, 3.63) is 30.0 Å². The van der Waals surface area contributed by atoms with Gasteiger partial charge in [-0.3, -0.25) is 14.7 Å². The van der Waals surface area contributed by atoms with Crippen molar-refractivity contribution < 1.29 is 9.59 Å². The van der Waals surface area contributed by atoms with Crippen LogP contribution in [0.5, 0.6) is 0 Å². The highest BCUT2D eigenvalue weighted by Gasteiger charge is 2.27. The number of fused-ring (bicyclic) bond motifs is 1. The number of H-pyrrole nitrogens is 1. The lowest BCUT2D eigenvalue weighted by Crippen LogP contribution is -2.57. The lowest BCUT2D eigenvalue weighted by atomic mass is 10.1. The highest BCUT2D eigenvalue weighted by atomic mass is 16.2. The number of likely N-dealkylation sites (N-methyl/N-ethyl adjacent to an activating group) is 1. The average Bonchev–Trinajstić information content (AvgIpc) is 3.05. The van der Waals surface area contributed by atoms with Crippen molar-refractivity contribution in [1.82, 2.24) is 25.3 Å². The van der Waals surface area contributed by atoms with E-state index >= 15 is 0 Å². The minimum atomic E-state index is -0.279. The largest absolute Gasteiger partial charge is 0.350 e. The monoisotopic (exact) mass is 344 g/mol. The number of aromatic amines is 1. The van der Waals surface area contributed by atoms with Crippen LogP contribution >= 0.6 is 0 Å². The molecule has 1 aromatic carbocycles. The van der Waals surface area contributed by atoms with Crippen molar-refractivity contribution in [1.29, 1.82) is 0 Å². The second-order valence-electron chi connectivity index (χ2n) is 6.36. The van der Waals surface area contributed by atoms with Crippen molar-refractivity contribution in [2.75, 3.05) is 39.8 Å². The smallest absolute Gasteiger partial charge is 0.272 e. The van der Waals surface area contributed by atoms with Crippen LogP contribution in [0.15, 0.2) is 24.3 Å². The fourth-order valence-corrected chi connectivity index (χ4v) is 3.19. The maximum Gasteiger partial charge on any atom is 0.272 e. The van der Waals surface area contributed by atoms with Gasteiger partial charge in [-0.1, -0.05) is 18.2 Å². The van der Waals surface area contributed by atoms with E-state index in [0.717, 1.165) is 24.0 Å². The molecule has 0 bridgehead atoms. The van der Waals surface area contributed by atoms with Gasteiger partial charge in [-0.05, 0) is 13.1 Å². The molecule has 1 aliphatic heterocycles. The number of rotatable bonds is 5. The number of carbonyl (C=O) groups excluding carboxylic acids is 2. The molecular weight excluding hydrogens is 320 g/mol. The Morgan fingerprint density at radius 2 is 2.16 bits per heavy atom. The van der Waals surface area contributed by atoms with Gasteiger partial charge in [0.05, 0.1) is 11.6 Å². The molecular formula is C17H24N6O2. The number of nitrogens with zero attached hydrogens (tertiary/aromatic N) is 3. The molecule has 8 heteroatoms. The molecule has 0 spiro atoms. The summed E-state index contributed by atoms with van der Waals surface area (Å²) in [6.45, 7) is 3.03. The van der Waals surface area contributed by atoms with Crippen molar-refractivity contribution in [3.8, 4) is 0 Å². The van der Waals surface area contributed by atoms with Crippen LogP contribution in [0.2, 0.25) is 0 Å². The van der Waals surface area contributed by atoms with Gasteiger partial charge in [-0.2, -0.15) is 5.10 Å². The number of amides is 2. The zero-order chi connectivity index (χ0) is 17.8. The molecule has 1 saturated heterocycles. The van der Waals surface area contributed by atoms with Crippen LogP contribution in [0, 0.1) is 0 Å². The summed E-state index contributed by atoms with van der Waals surface area (Å²) in [6.07, 6.45) is 0.258. The summed E-state index contributed by atoms with van der Waals surface area (Å²) in [6, 6.07) is 7.48. The number of hydrogen-bond acceptors (Lipinski definition) is 5. The number of para-hydroxylation sites is 1. The number of hydrogen-bond donors (Lipinski definition) is 3. The summed E-state index contributed by atoms with van der Waals surface area (Å²) in [4.78, 5) is 28.7. The third-order valence-electron chi connectivity index (χ3n) is 4.59. The van der Waals surface area contributed by atoms with Gasteiger partial charge in [0.25, 0.3) is 5.91 Å². The Hall–Kier alpha value is -2.45. The molecule has 0 aliphatic carbocycles. The molecule has 1 unspecified atom stereocenters. The van der Waals surface area contributed by atoms with Crippen LogP contribution in [0.25, 0.3) is 10.9 Å². The van der Waals surface area contributed by atoms with Crippen molar-refractivity contribution in [2.45, 2.75) is 12.5 Å². The van der Waals surface area contributed by atoms with E-state index in [1.165, 1.54) is 0 Å². The van der Waals surface area contributed by atoms with Gasteiger partial charge in [0.1, 0.15) is 0 Å². The summed E-state index contributed by atoms with van der Waals surface area (Å²) < 4.78 is 0. The maximum atomic E-state index is 12.4. The molecule has 25 heavy (non-hydrogen) atoms. The summed E-state index contributed by atoms with van der Waals surface area (Å²) in [5.74, 6) is -0.255. The number of nitrogens with one attached hydrogen (secondary N) is 2. The third-order valence-corrected chi connectivity index (χ3v) is 4.59. The van der Waals surface area contributed by atoms with E-state index in [9.17, 15) is 9.59 Å². The van der Waals surface area contributed by atoms with E-state index in [-0.39, 0.29) is 30.8 Å². The molecule has 1 fully saturated rings. The van der Waals surface area contributed by atoms with E-state index in [4.69, 9.17) is 5.73 Å². The zero-order valence-electron chi connectivity index (χ0n) is 14.4. The maximum absolute atomic E-state index is 12.4. The first kappa shape index (κ1) is 17.4. The van der Waals surface area contributed by atoms with Crippen LogP contribution in [-0.2, 0) is 4.79 Å². The SMILES string of the molecule is CN1CCN(C(=O)CCNC(=O)c2n[nH]c3ccccc23)C(CN)C1. The third kappa shape index (κ3) is 3.80. The quantitative estimate of drug-likeness (QED) is 0.695. The fourth-order valence-electron chi connectivity index (χ4n) is 3.19. The van der Waals surface area contributed by atoms with E-state index in [0.29, 0.717) is 18.8 Å². The standard InChI is InChI=1S/C17H24N6O2/c1-22-8-9-23(12(10-18)11-22)15(24)6-7-19-17(25)16-13-4-2-3-5-14(13)20-21-16/h2-5,12H,6-11,18H2,1H3,(H,19,25)(H,20,21). The first-order valence-corrected chi connectivity index (χ1v) is 8.49. The molecule has 8 nitrogen and oxygen atoms in total. The molecule has 2 amide bonds.